The van der Waals surface area contributed by atoms with Crippen molar-refractivity contribution in [1.82, 2.24) is 4.98 Å². The summed E-state index contributed by atoms with van der Waals surface area (Å²) in [5, 5.41) is 19.9. The minimum atomic E-state index is -0.856. The van der Waals surface area contributed by atoms with Crippen molar-refractivity contribution in [3.05, 3.63) is 27.4 Å². The lowest BCUT2D eigenvalue weighted by atomic mass is 10.1. The maximum Gasteiger partial charge on any atom is 0.313 e. The zero-order valence-electron chi connectivity index (χ0n) is 9.95. The Morgan fingerprint density at radius 3 is 3.05 bits per heavy atom. The van der Waals surface area contributed by atoms with Gasteiger partial charge < -0.3 is 10.0 Å². The maximum absolute atomic E-state index is 11.0. The van der Waals surface area contributed by atoms with E-state index in [0.29, 0.717) is 19.5 Å². The number of rotatable bonds is 4. The van der Waals surface area contributed by atoms with Gasteiger partial charge in [-0.2, -0.15) is 0 Å². The van der Waals surface area contributed by atoms with E-state index in [1.165, 1.54) is 12.3 Å². The number of anilines is 1. The Bertz CT molecular complexity index is 523. The summed E-state index contributed by atoms with van der Waals surface area (Å²) in [6, 6.07) is 1.26. The second-order valence-electron chi connectivity index (χ2n) is 4.45. The van der Waals surface area contributed by atoms with E-state index in [0.717, 1.165) is 0 Å². The summed E-state index contributed by atoms with van der Waals surface area (Å²) < 4.78 is 0. The monoisotopic (exact) mass is 285 g/mol. The number of pyridine rings is 1. The third-order valence-electron chi connectivity index (χ3n) is 3.06. The van der Waals surface area contributed by atoms with Gasteiger partial charge in [0.25, 0.3) is 0 Å². The third-order valence-corrected chi connectivity index (χ3v) is 3.27. The largest absolute Gasteiger partial charge is 0.481 e. The molecule has 1 aromatic rings. The van der Waals surface area contributed by atoms with Crippen molar-refractivity contribution in [3.63, 3.8) is 0 Å². The van der Waals surface area contributed by atoms with E-state index in [4.69, 9.17) is 16.7 Å². The molecule has 1 fully saturated rings. The highest BCUT2D eigenvalue weighted by Gasteiger charge is 2.30. The van der Waals surface area contributed by atoms with Crippen molar-refractivity contribution in [2.75, 3.05) is 18.0 Å². The Morgan fingerprint density at radius 2 is 2.42 bits per heavy atom. The molecule has 1 atom stereocenters. The first-order chi connectivity index (χ1) is 8.97. The average molecular weight is 286 g/mol. The number of aliphatic carboxylic acids is 1. The molecule has 7 nitrogen and oxygen atoms in total. The zero-order valence-corrected chi connectivity index (χ0v) is 10.7. The van der Waals surface area contributed by atoms with Gasteiger partial charge in [0.15, 0.2) is 0 Å². The molecule has 0 spiro atoms. The Balaban J connectivity index is 2.19. The summed E-state index contributed by atoms with van der Waals surface area (Å²) in [4.78, 5) is 26.8. The van der Waals surface area contributed by atoms with Crippen molar-refractivity contribution < 1.29 is 14.8 Å². The normalized spacial score (nSPS) is 18.6. The van der Waals surface area contributed by atoms with E-state index in [9.17, 15) is 14.9 Å². The molecule has 2 rings (SSSR count). The van der Waals surface area contributed by atoms with Gasteiger partial charge in [0.2, 0.25) is 5.82 Å². The van der Waals surface area contributed by atoms with E-state index in [1.807, 2.05) is 0 Å². The van der Waals surface area contributed by atoms with Gasteiger partial charge in [-0.25, -0.2) is 4.98 Å². The molecule has 102 valence electrons. The van der Waals surface area contributed by atoms with Crippen LogP contribution in [0.5, 0.6) is 0 Å². The number of nitrogens with zero attached hydrogens (tertiary/aromatic N) is 3. The molecule has 1 saturated heterocycles. The molecular weight excluding hydrogens is 274 g/mol. The molecule has 0 bridgehead atoms. The molecule has 1 unspecified atom stereocenters. The molecule has 2 heterocycles. The highest BCUT2D eigenvalue weighted by atomic mass is 35.5. The van der Waals surface area contributed by atoms with Crippen LogP contribution in [-0.2, 0) is 4.79 Å². The van der Waals surface area contributed by atoms with Gasteiger partial charge in [0.05, 0.1) is 9.95 Å². The van der Waals surface area contributed by atoms with Gasteiger partial charge in [0.1, 0.15) is 0 Å². The first-order valence-corrected chi connectivity index (χ1v) is 6.12. The number of hydrogen-bond acceptors (Lipinski definition) is 5. The topological polar surface area (TPSA) is 96.6 Å². The second-order valence-corrected chi connectivity index (χ2v) is 4.89. The molecular formula is C11H12ClN3O4. The van der Waals surface area contributed by atoms with Gasteiger partial charge in [-0.15, -0.1) is 0 Å². The van der Waals surface area contributed by atoms with Gasteiger partial charge in [-0.3, -0.25) is 14.9 Å². The Labute approximate surface area is 114 Å². The summed E-state index contributed by atoms with van der Waals surface area (Å²) in [5.74, 6) is -0.609. The number of halogens is 1. The van der Waals surface area contributed by atoms with Crippen LogP contribution >= 0.6 is 11.6 Å². The molecule has 0 saturated carbocycles. The SMILES string of the molecule is O=C(O)CC1CCN(c2ncc(Cl)cc2[N+](=O)[O-])C1. The molecule has 8 heteroatoms. The van der Waals surface area contributed by atoms with Crippen LogP contribution in [0.2, 0.25) is 5.02 Å². The molecule has 1 aromatic heterocycles. The van der Waals surface area contributed by atoms with Gasteiger partial charge in [-0.05, 0) is 12.3 Å². The summed E-state index contributed by atoms with van der Waals surface area (Å²) in [5.41, 5.74) is -0.150. The Morgan fingerprint density at radius 1 is 1.68 bits per heavy atom. The van der Waals surface area contributed by atoms with Crippen LogP contribution in [0.15, 0.2) is 12.3 Å². The van der Waals surface area contributed by atoms with Gasteiger partial charge in [0, 0.05) is 31.8 Å². The van der Waals surface area contributed by atoms with E-state index in [-0.39, 0.29) is 28.9 Å². The smallest absolute Gasteiger partial charge is 0.313 e. The molecule has 0 amide bonds. The summed E-state index contributed by atoms with van der Waals surface area (Å²) in [6.45, 7) is 1.02. The molecule has 0 radical (unpaired) electrons. The predicted octanol–water partition coefficient (Wildman–Crippen LogP) is 1.94. The fourth-order valence-corrected chi connectivity index (χ4v) is 2.39. The number of hydrogen-bond donors (Lipinski definition) is 1. The number of nitro groups is 1. The van der Waals surface area contributed by atoms with Crippen LogP contribution in [0.4, 0.5) is 11.5 Å². The number of carboxylic acid groups (broad SMARTS) is 1. The lowest BCUT2D eigenvalue weighted by Gasteiger charge is -2.16. The van der Waals surface area contributed by atoms with Crippen molar-refractivity contribution in [3.8, 4) is 0 Å². The van der Waals surface area contributed by atoms with Gasteiger partial charge >= 0.3 is 11.7 Å². The molecule has 1 aliphatic rings. The van der Waals surface area contributed by atoms with E-state index in [1.54, 1.807) is 4.90 Å². The fraction of sp³-hybridized carbons (Fsp3) is 0.455. The minimum Gasteiger partial charge on any atom is -0.481 e. The lowest BCUT2D eigenvalue weighted by molar-refractivity contribution is -0.384. The Hall–Kier alpha value is -1.89. The third kappa shape index (κ3) is 3.11. The predicted molar refractivity (Wildman–Crippen MR) is 68.5 cm³/mol. The van der Waals surface area contributed by atoms with Crippen LogP contribution in [0, 0.1) is 16.0 Å². The summed E-state index contributed by atoms with van der Waals surface area (Å²) in [7, 11) is 0. The van der Waals surface area contributed by atoms with Crippen LogP contribution in [0.1, 0.15) is 12.8 Å². The maximum atomic E-state index is 11.0. The van der Waals surface area contributed by atoms with Crippen molar-refractivity contribution in [1.29, 1.82) is 0 Å². The van der Waals surface area contributed by atoms with Crippen molar-refractivity contribution >= 4 is 29.1 Å². The number of aromatic nitrogens is 1. The van der Waals surface area contributed by atoms with Gasteiger partial charge in [-0.1, -0.05) is 11.6 Å². The van der Waals surface area contributed by atoms with E-state index < -0.39 is 10.9 Å². The fourth-order valence-electron chi connectivity index (χ4n) is 2.24. The summed E-state index contributed by atoms with van der Waals surface area (Å²) in [6.07, 6.45) is 2.11. The summed E-state index contributed by atoms with van der Waals surface area (Å²) >= 11 is 5.70. The van der Waals surface area contributed by atoms with Crippen LogP contribution in [0.3, 0.4) is 0 Å². The first kappa shape index (κ1) is 13.5. The van der Waals surface area contributed by atoms with Crippen molar-refractivity contribution in [2.24, 2.45) is 5.92 Å². The Kier molecular flexibility index (Phi) is 3.84. The minimum absolute atomic E-state index is 0.00502. The quantitative estimate of drug-likeness (QED) is 0.671. The van der Waals surface area contributed by atoms with E-state index in [2.05, 4.69) is 4.98 Å². The van der Waals surface area contributed by atoms with Crippen LogP contribution < -0.4 is 4.90 Å². The first-order valence-electron chi connectivity index (χ1n) is 5.74. The van der Waals surface area contributed by atoms with E-state index >= 15 is 0 Å². The zero-order chi connectivity index (χ0) is 14.0. The number of carboxylic acids is 1. The number of carbonyl (C=O) groups is 1. The average Bonchev–Trinajstić information content (AvgIpc) is 2.76. The second kappa shape index (κ2) is 5.40. The van der Waals surface area contributed by atoms with Crippen LogP contribution in [-0.4, -0.2) is 34.1 Å². The molecule has 0 aliphatic carbocycles. The highest BCUT2D eigenvalue weighted by Crippen LogP contribution is 2.32. The molecule has 1 N–H and O–H groups in total. The molecule has 19 heavy (non-hydrogen) atoms. The van der Waals surface area contributed by atoms with Crippen LogP contribution in [0.25, 0.3) is 0 Å². The van der Waals surface area contributed by atoms with Crippen molar-refractivity contribution in [2.45, 2.75) is 12.8 Å². The molecule has 0 aromatic carbocycles. The highest BCUT2D eigenvalue weighted by molar-refractivity contribution is 6.30. The lowest BCUT2D eigenvalue weighted by Crippen LogP contribution is -2.22. The molecule has 1 aliphatic heterocycles. The standard InChI is InChI=1S/C11H12ClN3O4/c12-8-4-9(15(18)19)11(13-5-8)14-2-1-7(6-14)3-10(16)17/h4-5,7H,1-3,6H2,(H,16,17).